The molecule has 0 atom stereocenters. The minimum Gasteiger partial charge on any atom is -0.497 e. The summed E-state index contributed by atoms with van der Waals surface area (Å²) in [5.74, 6) is 0.760. The van der Waals surface area contributed by atoms with Crippen LogP contribution in [0.1, 0.15) is 55.9 Å². The minimum absolute atomic E-state index is 0.142. The molecule has 8 heteroatoms. The van der Waals surface area contributed by atoms with Crippen molar-refractivity contribution >= 4 is 17.5 Å². The largest absolute Gasteiger partial charge is 0.497 e. The Morgan fingerprint density at radius 3 is 2.52 bits per heavy atom. The lowest BCUT2D eigenvalue weighted by atomic mass is 10.1. The second-order valence-corrected chi connectivity index (χ2v) is 7.18. The molecule has 0 saturated carbocycles. The summed E-state index contributed by atoms with van der Waals surface area (Å²) in [6, 6.07) is 7.52. The van der Waals surface area contributed by atoms with E-state index >= 15 is 0 Å². The number of ether oxygens (including phenoxy) is 1. The second-order valence-electron chi connectivity index (χ2n) is 7.18. The first kappa shape index (κ1) is 20.8. The van der Waals surface area contributed by atoms with Gasteiger partial charge in [0.1, 0.15) is 5.75 Å². The van der Waals surface area contributed by atoms with Crippen LogP contribution in [0.3, 0.4) is 0 Å². The molecule has 2 aromatic rings. The number of hydrogen-bond donors (Lipinski definition) is 1. The molecule has 1 amide bonds. The molecule has 156 valence electrons. The van der Waals surface area contributed by atoms with Crippen LogP contribution in [0, 0.1) is 0 Å². The van der Waals surface area contributed by atoms with Crippen LogP contribution in [-0.4, -0.2) is 40.9 Å². The number of anilines is 2. The third kappa shape index (κ3) is 4.93. The number of nitrogens with zero attached hydrogens (tertiary/aromatic N) is 4. The molecular weight excluding hydrogens is 370 g/mol. The molecule has 29 heavy (non-hydrogen) atoms. The Morgan fingerprint density at radius 1 is 1.07 bits per heavy atom. The van der Waals surface area contributed by atoms with Crippen molar-refractivity contribution in [3.63, 3.8) is 0 Å². The normalized spacial score (nSPS) is 12.7. The summed E-state index contributed by atoms with van der Waals surface area (Å²) in [5, 5.41) is 10.9. The molecule has 0 bridgehead atoms. The number of amides is 1. The van der Waals surface area contributed by atoms with Gasteiger partial charge in [-0.15, -0.1) is 10.2 Å². The fraction of sp³-hybridized carbons (Fsp3) is 0.524. The summed E-state index contributed by atoms with van der Waals surface area (Å²) in [7, 11) is 1.62. The molecule has 0 fully saturated rings. The van der Waals surface area contributed by atoms with Gasteiger partial charge in [-0.2, -0.15) is 0 Å². The zero-order chi connectivity index (χ0) is 20.6. The van der Waals surface area contributed by atoms with E-state index in [0.717, 1.165) is 24.3 Å². The lowest BCUT2D eigenvalue weighted by Gasteiger charge is -2.17. The van der Waals surface area contributed by atoms with E-state index in [-0.39, 0.29) is 5.69 Å². The van der Waals surface area contributed by atoms with Crippen LogP contribution in [0.15, 0.2) is 29.1 Å². The summed E-state index contributed by atoms with van der Waals surface area (Å²) in [4.78, 5) is 27.0. The van der Waals surface area contributed by atoms with Gasteiger partial charge in [-0.05, 0) is 30.7 Å². The van der Waals surface area contributed by atoms with Crippen molar-refractivity contribution in [1.29, 1.82) is 0 Å². The monoisotopic (exact) mass is 399 g/mol. The Hall–Kier alpha value is -2.90. The van der Waals surface area contributed by atoms with Gasteiger partial charge >= 0.3 is 0 Å². The molecule has 1 aromatic carbocycles. The highest BCUT2D eigenvalue weighted by Gasteiger charge is 2.27. The van der Waals surface area contributed by atoms with Crippen LogP contribution < -0.4 is 20.5 Å². The van der Waals surface area contributed by atoms with Crippen LogP contribution in [0.4, 0.5) is 11.6 Å². The molecule has 8 nitrogen and oxygen atoms in total. The van der Waals surface area contributed by atoms with Crippen molar-refractivity contribution < 1.29 is 9.53 Å². The molecule has 3 rings (SSSR count). The van der Waals surface area contributed by atoms with Gasteiger partial charge in [-0.3, -0.25) is 14.2 Å². The second kappa shape index (κ2) is 10.0. The standard InChI is InChI=1S/C21H29N5O3/c1-3-4-5-6-7-8-13-22-19(27)18-20(28)26-15-14-25(21(26)24-23-18)16-9-11-17(29-2)12-10-16/h9-12H,3-8,13-15H2,1-2H3,(H,22,27). The van der Waals surface area contributed by atoms with Gasteiger partial charge in [0.05, 0.1) is 7.11 Å². The molecule has 0 unspecified atom stereocenters. The van der Waals surface area contributed by atoms with Crippen LogP contribution >= 0.6 is 0 Å². The number of nitrogens with one attached hydrogen (secondary N) is 1. The van der Waals surface area contributed by atoms with Crippen molar-refractivity contribution in [2.75, 3.05) is 25.1 Å². The molecule has 0 aliphatic carbocycles. The Kier molecular flexibility index (Phi) is 7.21. The van der Waals surface area contributed by atoms with Gasteiger partial charge in [0.15, 0.2) is 0 Å². The maximum atomic E-state index is 12.7. The molecular formula is C21H29N5O3. The lowest BCUT2D eigenvalue weighted by molar-refractivity contribution is 0.0944. The highest BCUT2D eigenvalue weighted by Crippen LogP contribution is 2.28. The molecule has 1 aromatic heterocycles. The number of fused-ring (bicyclic) bond motifs is 1. The number of carbonyl (C=O) groups is 1. The van der Waals surface area contributed by atoms with E-state index in [1.807, 2.05) is 29.2 Å². The van der Waals surface area contributed by atoms with E-state index in [4.69, 9.17) is 4.74 Å². The topological polar surface area (TPSA) is 89.3 Å². The van der Waals surface area contributed by atoms with Crippen LogP contribution in [0.25, 0.3) is 0 Å². The molecule has 0 spiro atoms. The minimum atomic E-state index is -0.450. The molecule has 1 aliphatic heterocycles. The van der Waals surface area contributed by atoms with Crippen molar-refractivity contribution in [3.8, 4) is 5.75 Å². The third-order valence-electron chi connectivity index (χ3n) is 5.13. The van der Waals surface area contributed by atoms with E-state index in [9.17, 15) is 9.59 Å². The molecule has 0 radical (unpaired) electrons. The Balaban J connectivity index is 1.62. The van der Waals surface area contributed by atoms with Gasteiger partial charge in [0.25, 0.3) is 11.5 Å². The zero-order valence-electron chi connectivity index (χ0n) is 17.2. The van der Waals surface area contributed by atoms with Gasteiger partial charge < -0.3 is 15.0 Å². The van der Waals surface area contributed by atoms with E-state index in [0.29, 0.717) is 25.6 Å². The van der Waals surface area contributed by atoms with Crippen molar-refractivity contribution in [2.24, 2.45) is 0 Å². The summed E-state index contributed by atoms with van der Waals surface area (Å²) < 4.78 is 6.69. The average Bonchev–Trinajstić information content (AvgIpc) is 3.18. The van der Waals surface area contributed by atoms with E-state index in [1.165, 1.54) is 30.3 Å². The number of methoxy groups -OCH3 is 1. The number of hydrogen-bond acceptors (Lipinski definition) is 6. The fourth-order valence-electron chi connectivity index (χ4n) is 3.45. The van der Waals surface area contributed by atoms with E-state index < -0.39 is 11.5 Å². The van der Waals surface area contributed by atoms with Gasteiger partial charge in [-0.1, -0.05) is 39.0 Å². The Labute approximate surface area is 170 Å². The maximum Gasteiger partial charge on any atom is 0.286 e. The fourth-order valence-corrected chi connectivity index (χ4v) is 3.45. The van der Waals surface area contributed by atoms with Gasteiger partial charge in [0, 0.05) is 25.3 Å². The number of carbonyl (C=O) groups excluding carboxylic acids is 1. The molecule has 1 N–H and O–H groups in total. The third-order valence-corrected chi connectivity index (χ3v) is 5.13. The molecule has 2 heterocycles. The first-order valence-corrected chi connectivity index (χ1v) is 10.3. The highest BCUT2D eigenvalue weighted by atomic mass is 16.5. The van der Waals surface area contributed by atoms with Crippen LogP contribution in [-0.2, 0) is 6.54 Å². The van der Waals surface area contributed by atoms with Crippen molar-refractivity contribution in [2.45, 2.75) is 52.0 Å². The SMILES string of the molecule is CCCCCCCCNC(=O)c1nnc2n(c1=O)CCN2c1ccc(OC)cc1. The first-order chi connectivity index (χ1) is 14.2. The summed E-state index contributed by atoms with van der Waals surface area (Å²) in [6.45, 7) is 3.80. The van der Waals surface area contributed by atoms with Crippen molar-refractivity contribution in [1.82, 2.24) is 20.1 Å². The highest BCUT2D eigenvalue weighted by molar-refractivity contribution is 5.91. The lowest BCUT2D eigenvalue weighted by Crippen LogP contribution is -2.35. The van der Waals surface area contributed by atoms with E-state index in [1.54, 1.807) is 7.11 Å². The van der Waals surface area contributed by atoms with Crippen LogP contribution in [0.5, 0.6) is 5.75 Å². The summed E-state index contributed by atoms with van der Waals surface area (Å²) in [5.41, 5.74) is 0.355. The number of unbranched alkanes of at least 4 members (excludes halogenated alkanes) is 5. The maximum absolute atomic E-state index is 12.7. The Bertz CT molecular complexity index is 879. The summed E-state index contributed by atoms with van der Waals surface area (Å²) in [6.07, 6.45) is 6.85. The predicted octanol–water partition coefficient (Wildman–Crippen LogP) is 2.89. The smallest absolute Gasteiger partial charge is 0.286 e. The quantitative estimate of drug-likeness (QED) is 0.618. The summed E-state index contributed by atoms with van der Waals surface area (Å²) >= 11 is 0. The number of benzene rings is 1. The predicted molar refractivity (Wildman–Crippen MR) is 112 cm³/mol. The van der Waals surface area contributed by atoms with Crippen LogP contribution in [0.2, 0.25) is 0 Å². The Morgan fingerprint density at radius 2 is 1.79 bits per heavy atom. The van der Waals surface area contributed by atoms with Crippen molar-refractivity contribution in [3.05, 3.63) is 40.3 Å². The zero-order valence-corrected chi connectivity index (χ0v) is 17.2. The molecule has 0 saturated heterocycles. The van der Waals surface area contributed by atoms with E-state index in [2.05, 4.69) is 22.4 Å². The average molecular weight is 399 g/mol. The molecule has 1 aliphatic rings. The first-order valence-electron chi connectivity index (χ1n) is 10.3. The number of aromatic nitrogens is 3. The van der Waals surface area contributed by atoms with Gasteiger partial charge in [-0.25, -0.2) is 0 Å². The van der Waals surface area contributed by atoms with Gasteiger partial charge in [0.2, 0.25) is 11.6 Å². The number of rotatable bonds is 10.